The molecule has 0 radical (unpaired) electrons. The summed E-state index contributed by atoms with van der Waals surface area (Å²) in [6.07, 6.45) is -1.49. The predicted molar refractivity (Wildman–Crippen MR) is 97.1 cm³/mol. The van der Waals surface area contributed by atoms with Crippen LogP contribution >= 0.6 is 0 Å². The molecule has 11 heteroatoms. The third kappa shape index (κ3) is 6.50. The van der Waals surface area contributed by atoms with Gasteiger partial charge in [0.25, 0.3) is 5.56 Å². The third-order valence-electron chi connectivity index (χ3n) is 3.39. The summed E-state index contributed by atoms with van der Waals surface area (Å²) in [7, 11) is 2.47. The van der Waals surface area contributed by atoms with Crippen molar-refractivity contribution in [2.75, 3.05) is 27.4 Å². The molecule has 1 unspecified atom stereocenters. The quantitative estimate of drug-likeness (QED) is 0.557. The second kappa shape index (κ2) is 9.51. The molecule has 0 bridgehead atoms. The normalized spacial score (nSPS) is 13.5. The number of methoxy groups -OCH3 is 1. The molecule has 0 fully saturated rings. The van der Waals surface area contributed by atoms with Crippen LogP contribution < -0.4 is 5.56 Å². The van der Waals surface area contributed by atoms with E-state index in [9.17, 15) is 24.6 Å². The molecule has 0 saturated carbocycles. The third-order valence-corrected chi connectivity index (χ3v) is 3.39. The number of esters is 1. The summed E-state index contributed by atoms with van der Waals surface area (Å²) in [6, 6.07) is -0.981. The monoisotopic (exact) mass is 401 g/mol. The lowest BCUT2D eigenvalue weighted by molar-refractivity contribution is -0.00649. The Kier molecular flexibility index (Phi) is 7.94. The largest absolute Gasteiger partial charge is 0.501 e. The van der Waals surface area contributed by atoms with Crippen molar-refractivity contribution in [1.82, 2.24) is 14.9 Å². The second-order valence-electron chi connectivity index (χ2n) is 7.13. The molecular formula is C17H27N3O8. The minimum absolute atomic E-state index is 0.0369. The molecule has 3 N–H and O–H groups in total. The average molecular weight is 401 g/mol. The number of aromatic amines is 1. The number of carbonyl (C=O) groups excluding carboxylic acids is 2. The van der Waals surface area contributed by atoms with E-state index in [1.807, 2.05) is 0 Å². The molecule has 0 saturated heterocycles. The molecule has 158 valence electrons. The van der Waals surface area contributed by atoms with Crippen molar-refractivity contribution in [2.24, 2.45) is 0 Å². The molecule has 1 rings (SSSR count). The second-order valence-corrected chi connectivity index (χ2v) is 7.13. The molecule has 1 amide bonds. The smallest absolute Gasteiger partial charge is 0.410 e. The number of likely N-dealkylation sites (N-methyl/N-ethyl adjacent to an activating group) is 1. The van der Waals surface area contributed by atoms with E-state index in [-0.39, 0.29) is 19.0 Å². The van der Waals surface area contributed by atoms with Gasteiger partial charge in [0, 0.05) is 7.05 Å². The van der Waals surface area contributed by atoms with Crippen LogP contribution in [0.3, 0.4) is 0 Å². The Labute approximate surface area is 162 Å². The highest BCUT2D eigenvalue weighted by Crippen LogP contribution is 2.21. The van der Waals surface area contributed by atoms with Crippen LogP contribution in [-0.4, -0.2) is 76.2 Å². The summed E-state index contributed by atoms with van der Waals surface area (Å²) in [5.41, 5.74) is -2.36. The Hall–Kier alpha value is -2.66. The number of hydrogen-bond acceptors (Lipinski definition) is 9. The van der Waals surface area contributed by atoms with Gasteiger partial charge in [-0.2, -0.15) is 0 Å². The lowest BCUT2D eigenvalue weighted by Gasteiger charge is -2.30. The van der Waals surface area contributed by atoms with E-state index in [2.05, 4.69) is 14.7 Å². The van der Waals surface area contributed by atoms with Crippen molar-refractivity contribution in [2.45, 2.75) is 45.4 Å². The number of aliphatic hydroxyl groups is 1. The highest BCUT2D eigenvalue weighted by molar-refractivity contribution is 5.89. The maximum atomic E-state index is 12.4. The number of H-pyrrole nitrogens is 1. The van der Waals surface area contributed by atoms with Crippen molar-refractivity contribution in [3.8, 4) is 5.75 Å². The summed E-state index contributed by atoms with van der Waals surface area (Å²) in [6.45, 7) is 6.37. The van der Waals surface area contributed by atoms with Gasteiger partial charge in [-0.3, -0.25) is 9.69 Å². The minimum Gasteiger partial charge on any atom is -0.501 e. The number of hydrogen-bond donors (Lipinski definition) is 3. The van der Waals surface area contributed by atoms with Crippen LogP contribution in [0.2, 0.25) is 0 Å². The van der Waals surface area contributed by atoms with Crippen LogP contribution in [0.25, 0.3) is 0 Å². The SMILES string of the molecule is COC(=O)c1nc(C(COC[C@@H](C)O)N(C)C(=O)OC(C)(C)C)[nH]c(=O)c1O. The lowest BCUT2D eigenvalue weighted by atomic mass is 10.2. The molecule has 11 nitrogen and oxygen atoms in total. The zero-order chi connectivity index (χ0) is 21.6. The van der Waals surface area contributed by atoms with Gasteiger partial charge < -0.3 is 29.4 Å². The van der Waals surface area contributed by atoms with Crippen molar-refractivity contribution in [3.63, 3.8) is 0 Å². The molecule has 2 atom stereocenters. The van der Waals surface area contributed by atoms with Gasteiger partial charge in [0.1, 0.15) is 17.5 Å². The summed E-state index contributed by atoms with van der Waals surface area (Å²) < 4.78 is 15.2. The summed E-state index contributed by atoms with van der Waals surface area (Å²) in [4.78, 5) is 43.6. The maximum Gasteiger partial charge on any atom is 0.410 e. The topological polar surface area (TPSA) is 151 Å². The minimum atomic E-state index is -1.02. The van der Waals surface area contributed by atoms with Crippen LogP contribution in [0, 0.1) is 0 Å². The zero-order valence-corrected chi connectivity index (χ0v) is 16.8. The Balaban J connectivity index is 3.31. The Morgan fingerprint density at radius 1 is 1.29 bits per heavy atom. The summed E-state index contributed by atoms with van der Waals surface area (Å²) in [5, 5.41) is 19.1. The number of aromatic hydroxyl groups is 1. The van der Waals surface area contributed by atoms with Gasteiger partial charge in [-0.15, -0.1) is 0 Å². The number of rotatable bonds is 7. The van der Waals surface area contributed by atoms with Gasteiger partial charge in [0.15, 0.2) is 5.69 Å². The fourth-order valence-electron chi connectivity index (χ4n) is 2.07. The lowest BCUT2D eigenvalue weighted by Crippen LogP contribution is -2.40. The van der Waals surface area contributed by atoms with Crippen LogP contribution in [0.1, 0.15) is 50.0 Å². The molecule has 0 aromatic carbocycles. The van der Waals surface area contributed by atoms with Crippen LogP contribution in [0.4, 0.5) is 4.79 Å². The average Bonchev–Trinajstić information content (AvgIpc) is 2.58. The van der Waals surface area contributed by atoms with Gasteiger partial charge in [-0.05, 0) is 27.7 Å². The highest BCUT2D eigenvalue weighted by Gasteiger charge is 2.30. The zero-order valence-electron chi connectivity index (χ0n) is 16.8. The standard InChI is InChI=1S/C17H27N3O8/c1-9(21)7-27-8-10(20(5)16(25)28-17(2,3)4)13-18-11(15(24)26-6)12(22)14(23)19-13/h9-10,21-22H,7-8H2,1-6H3,(H,18,19,23)/t9-,10?/m1/s1. The molecule has 0 aliphatic rings. The van der Waals surface area contributed by atoms with Gasteiger partial charge in [-0.25, -0.2) is 14.6 Å². The van der Waals surface area contributed by atoms with Crippen LogP contribution in [-0.2, 0) is 14.2 Å². The first kappa shape index (κ1) is 23.4. The number of carbonyl (C=O) groups is 2. The van der Waals surface area contributed by atoms with E-state index >= 15 is 0 Å². The van der Waals surface area contributed by atoms with Gasteiger partial charge in [0.2, 0.25) is 5.75 Å². The first-order valence-corrected chi connectivity index (χ1v) is 8.50. The number of aliphatic hydroxyl groups excluding tert-OH is 1. The Morgan fingerprint density at radius 2 is 1.89 bits per heavy atom. The van der Waals surface area contributed by atoms with Crippen LogP contribution in [0.15, 0.2) is 4.79 Å². The van der Waals surface area contributed by atoms with E-state index in [0.717, 1.165) is 12.0 Å². The molecule has 1 aromatic rings. The van der Waals surface area contributed by atoms with Crippen molar-refractivity contribution in [1.29, 1.82) is 0 Å². The molecule has 28 heavy (non-hydrogen) atoms. The van der Waals surface area contributed by atoms with Gasteiger partial charge >= 0.3 is 12.1 Å². The molecular weight excluding hydrogens is 374 g/mol. The van der Waals surface area contributed by atoms with Crippen LogP contribution in [0.5, 0.6) is 5.75 Å². The van der Waals surface area contributed by atoms with Crippen molar-refractivity contribution >= 4 is 12.1 Å². The van der Waals surface area contributed by atoms with Crippen molar-refractivity contribution in [3.05, 3.63) is 21.9 Å². The van der Waals surface area contributed by atoms with Gasteiger partial charge in [-0.1, -0.05) is 0 Å². The maximum absolute atomic E-state index is 12.4. The van der Waals surface area contributed by atoms with E-state index < -0.39 is 46.8 Å². The Morgan fingerprint density at radius 3 is 2.39 bits per heavy atom. The van der Waals surface area contributed by atoms with E-state index in [0.29, 0.717) is 0 Å². The predicted octanol–water partition coefficient (Wildman–Crippen LogP) is 0.567. The first-order valence-electron chi connectivity index (χ1n) is 8.50. The van der Waals surface area contributed by atoms with E-state index in [1.165, 1.54) is 14.0 Å². The fraction of sp³-hybridized carbons (Fsp3) is 0.647. The Bertz CT molecular complexity index is 754. The molecule has 0 spiro atoms. The highest BCUT2D eigenvalue weighted by atomic mass is 16.6. The number of aromatic nitrogens is 2. The van der Waals surface area contributed by atoms with E-state index in [4.69, 9.17) is 9.47 Å². The summed E-state index contributed by atoms with van der Waals surface area (Å²) in [5.74, 6) is -2.05. The van der Waals surface area contributed by atoms with E-state index in [1.54, 1.807) is 20.8 Å². The summed E-state index contributed by atoms with van der Waals surface area (Å²) >= 11 is 0. The molecule has 1 heterocycles. The molecule has 0 aliphatic carbocycles. The number of amides is 1. The molecule has 1 aromatic heterocycles. The van der Waals surface area contributed by atoms with Gasteiger partial charge in [0.05, 0.1) is 26.4 Å². The number of nitrogens with one attached hydrogen (secondary N) is 1. The fourth-order valence-corrected chi connectivity index (χ4v) is 2.07. The number of ether oxygens (including phenoxy) is 3. The van der Waals surface area contributed by atoms with Crippen molar-refractivity contribution < 1.29 is 34.0 Å². The first-order chi connectivity index (χ1) is 12.9. The number of nitrogens with zero attached hydrogens (tertiary/aromatic N) is 2. The molecule has 0 aliphatic heterocycles.